The minimum atomic E-state index is -3.19. The van der Waals surface area contributed by atoms with Gasteiger partial charge >= 0.3 is 26.3 Å². The quantitative estimate of drug-likeness (QED) is 0.482. The van der Waals surface area contributed by atoms with Crippen LogP contribution in [-0.2, 0) is 25.9 Å². The van der Waals surface area contributed by atoms with Crippen LogP contribution in [0.1, 0.15) is 13.3 Å². The molecule has 21 heavy (non-hydrogen) atoms. The van der Waals surface area contributed by atoms with Crippen LogP contribution in [0.3, 0.4) is 0 Å². The van der Waals surface area contributed by atoms with Crippen LogP contribution in [0.2, 0.25) is 18.6 Å². The van der Waals surface area contributed by atoms with Crippen LogP contribution in [0.25, 0.3) is 0 Å². The lowest BCUT2D eigenvalue weighted by Crippen LogP contribution is -2.64. The van der Waals surface area contributed by atoms with Crippen LogP contribution < -0.4 is 11.1 Å². The molecule has 0 aromatic rings. The Hall–Kier alpha value is 0.331. The van der Waals surface area contributed by atoms with Gasteiger partial charge in [0, 0.05) is 34.5 Å². The van der Waals surface area contributed by atoms with Gasteiger partial charge < -0.3 is 31.7 Å². The molecular weight excluding hydrogens is 328 g/mol. The van der Waals surface area contributed by atoms with E-state index >= 15 is 0 Å². The largest absolute Gasteiger partial charge is 0.584 e. The Bertz CT molecular complexity index is 294. The Morgan fingerprint density at radius 1 is 0.905 bits per heavy atom. The Labute approximate surface area is 131 Å². The van der Waals surface area contributed by atoms with Gasteiger partial charge in [0.2, 0.25) is 0 Å². The minimum absolute atomic E-state index is 0.543. The fourth-order valence-corrected chi connectivity index (χ4v) is 11.6. The van der Waals surface area contributed by atoms with Gasteiger partial charge in [-0.3, -0.25) is 5.40 Å². The first-order valence-corrected chi connectivity index (χ1v) is 13.1. The molecule has 0 aromatic carbocycles. The molecule has 0 aromatic heterocycles. The fraction of sp³-hybridized carbons (Fsp3) is 1.00. The first kappa shape index (κ1) is 21.3. The highest BCUT2D eigenvalue weighted by Crippen LogP contribution is 2.26. The summed E-state index contributed by atoms with van der Waals surface area (Å²) in [5.74, 6) is 0. The van der Waals surface area contributed by atoms with Crippen molar-refractivity contribution in [3.05, 3.63) is 0 Å². The number of hydrogen-bond acceptors (Lipinski definition) is 8. The fourth-order valence-electron chi connectivity index (χ4n) is 1.70. The third kappa shape index (κ3) is 6.54. The Kier molecular flexibility index (Phi) is 9.61. The highest BCUT2D eigenvalue weighted by molar-refractivity contribution is 6.82. The second-order valence-electron chi connectivity index (χ2n) is 4.69. The van der Waals surface area contributed by atoms with Crippen LogP contribution in [0.15, 0.2) is 0 Å². The monoisotopic (exact) mass is 358 g/mol. The van der Waals surface area contributed by atoms with Gasteiger partial charge in [-0.1, -0.05) is 6.92 Å². The Balaban J connectivity index is 5.13. The van der Waals surface area contributed by atoms with Gasteiger partial charge in [-0.2, -0.15) is 0 Å². The van der Waals surface area contributed by atoms with E-state index < -0.39 is 26.3 Å². The van der Waals surface area contributed by atoms with E-state index in [1.165, 1.54) is 14.2 Å². The molecule has 1 unspecified atom stereocenters. The summed E-state index contributed by atoms with van der Waals surface area (Å²) in [7, 11) is -2.60. The minimum Gasteiger partial charge on any atom is -0.393 e. The molecular formula is C10H30N2O6Si3. The molecule has 0 radical (unpaired) electrons. The van der Waals surface area contributed by atoms with Gasteiger partial charge in [-0.15, -0.1) is 0 Å². The second-order valence-corrected chi connectivity index (χ2v) is 14.0. The molecule has 0 fully saturated rings. The first-order valence-electron chi connectivity index (χ1n) is 6.88. The maximum absolute atomic E-state index is 6.22. The standard InChI is InChI=1S/C10H30N2O6Si3/c1-7-19(6,18-21(12,15-4)16-5)17-20(13-2,14-3)10-8-9-11/h7-12H2,1-6H3. The molecule has 4 N–H and O–H groups in total. The van der Waals surface area contributed by atoms with Crippen molar-refractivity contribution in [2.45, 2.75) is 32.0 Å². The number of rotatable bonds is 12. The SMILES string of the molecule is CC[Si](C)(O[Si](N)(OC)OC)O[Si](CCCN)(OC)OC. The van der Waals surface area contributed by atoms with Crippen LogP contribution >= 0.6 is 0 Å². The normalized spacial score (nSPS) is 16.0. The predicted octanol–water partition coefficient (Wildman–Crippen LogP) is 0.379. The van der Waals surface area contributed by atoms with E-state index in [0.717, 1.165) is 6.42 Å². The zero-order chi connectivity index (χ0) is 16.6. The van der Waals surface area contributed by atoms with Crippen LogP contribution in [0.4, 0.5) is 0 Å². The molecule has 0 spiro atoms. The van der Waals surface area contributed by atoms with Gasteiger partial charge in [0.15, 0.2) is 0 Å². The summed E-state index contributed by atoms with van der Waals surface area (Å²) < 4.78 is 33.7. The molecule has 0 bridgehead atoms. The van der Waals surface area contributed by atoms with Crippen molar-refractivity contribution < 1.29 is 25.9 Å². The molecule has 0 saturated heterocycles. The summed E-state index contributed by atoms with van der Waals surface area (Å²) in [6.45, 7) is 4.42. The highest BCUT2D eigenvalue weighted by Gasteiger charge is 2.52. The van der Waals surface area contributed by atoms with Gasteiger partial charge in [0.1, 0.15) is 0 Å². The number of hydrogen-bond donors (Lipinski definition) is 2. The summed E-state index contributed by atoms with van der Waals surface area (Å²) in [5.41, 5.74) is 5.57. The molecule has 0 aliphatic carbocycles. The van der Waals surface area contributed by atoms with Crippen LogP contribution in [0.5, 0.6) is 0 Å². The van der Waals surface area contributed by atoms with Crippen molar-refractivity contribution >= 4 is 26.3 Å². The lowest BCUT2D eigenvalue weighted by atomic mass is 10.5. The molecule has 1 atom stereocenters. The third-order valence-electron chi connectivity index (χ3n) is 3.25. The Morgan fingerprint density at radius 3 is 1.76 bits per heavy atom. The van der Waals surface area contributed by atoms with Crippen LogP contribution in [0, 0.1) is 0 Å². The summed E-state index contributed by atoms with van der Waals surface area (Å²) in [5, 5.41) is 6.00. The predicted molar refractivity (Wildman–Crippen MR) is 86.5 cm³/mol. The number of nitrogens with two attached hydrogens (primary N) is 2. The van der Waals surface area contributed by atoms with Crippen LogP contribution in [-0.4, -0.2) is 61.3 Å². The molecule has 11 heteroatoms. The van der Waals surface area contributed by atoms with E-state index in [1.807, 2.05) is 13.5 Å². The van der Waals surface area contributed by atoms with Gasteiger partial charge in [-0.05, 0) is 25.6 Å². The topological polar surface area (TPSA) is 107 Å². The van der Waals surface area contributed by atoms with E-state index in [0.29, 0.717) is 18.6 Å². The zero-order valence-corrected chi connectivity index (χ0v) is 16.9. The maximum atomic E-state index is 6.22. The summed E-state index contributed by atoms with van der Waals surface area (Å²) in [6, 6.07) is 1.29. The van der Waals surface area contributed by atoms with Crippen molar-refractivity contribution in [3.63, 3.8) is 0 Å². The van der Waals surface area contributed by atoms with E-state index in [4.69, 9.17) is 37.1 Å². The zero-order valence-electron chi connectivity index (χ0n) is 13.9. The van der Waals surface area contributed by atoms with E-state index in [2.05, 4.69) is 0 Å². The van der Waals surface area contributed by atoms with E-state index in [9.17, 15) is 0 Å². The molecule has 0 rings (SSSR count). The lowest BCUT2D eigenvalue weighted by molar-refractivity contribution is 0.115. The van der Waals surface area contributed by atoms with Crippen molar-refractivity contribution in [1.29, 1.82) is 0 Å². The summed E-state index contributed by atoms with van der Waals surface area (Å²) >= 11 is 0. The lowest BCUT2D eigenvalue weighted by Gasteiger charge is -2.38. The smallest absolute Gasteiger partial charge is 0.393 e. The van der Waals surface area contributed by atoms with Crippen molar-refractivity contribution in [1.82, 2.24) is 0 Å². The molecule has 0 saturated carbocycles. The molecule has 0 amide bonds. The van der Waals surface area contributed by atoms with E-state index in [-0.39, 0.29) is 0 Å². The molecule has 128 valence electrons. The van der Waals surface area contributed by atoms with E-state index in [1.54, 1.807) is 14.2 Å². The van der Waals surface area contributed by atoms with Crippen molar-refractivity contribution in [2.24, 2.45) is 11.1 Å². The van der Waals surface area contributed by atoms with Gasteiger partial charge in [0.05, 0.1) is 0 Å². The third-order valence-corrected chi connectivity index (χ3v) is 13.7. The highest BCUT2D eigenvalue weighted by atomic mass is 28.5. The second kappa shape index (κ2) is 9.47. The summed E-state index contributed by atoms with van der Waals surface area (Å²) in [4.78, 5) is 0. The van der Waals surface area contributed by atoms with Gasteiger partial charge in [0.25, 0.3) is 0 Å². The van der Waals surface area contributed by atoms with Gasteiger partial charge in [-0.25, -0.2) is 0 Å². The maximum Gasteiger partial charge on any atom is 0.584 e. The molecule has 0 aliphatic rings. The Morgan fingerprint density at radius 2 is 1.43 bits per heavy atom. The average Bonchev–Trinajstić information content (AvgIpc) is 2.51. The average molecular weight is 359 g/mol. The molecule has 8 nitrogen and oxygen atoms in total. The summed E-state index contributed by atoms with van der Waals surface area (Å²) in [6.07, 6.45) is 0.752. The first-order chi connectivity index (χ1) is 9.78. The van der Waals surface area contributed by atoms with Crippen molar-refractivity contribution in [2.75, 3.05) is 35.0 Å². The van der Waals surface area contributed by atoms with Crippen molar-refractivity contribution in [3.8, 4) is 0 Å². The molecule has 0 aliphatic heterocycles. The molecule has 0 heterocycles.